The van der Waals surface area contributed by atoms with Crippen LogP contribution < -0.4 is 0 Å². The van der Waals surface area contributed by atoms with E-state index in [0.717, 1.165) is 0 Å². The van der Waals surface area contributed by atoms with Crippen LogP contribution in [0.25, 0.3) is 0 Å². The van der Waals surface area contributed by atoms with Gasteiger partial charge in [0.2, 0.25) is 0 Å². The number of carbonyl (C=O) groups excluding carboxylic acids is 1. The van der Waals surface area contributed by atoms with E-state index in [1.807, 2.05) is 0 Å². The number of carboxylic acids is 1. The van der Waals surface area contributed by atoms with Crippen molar-refractivity contribution >= 4 is 11.9 Å². The van der Waals surface area contributed by atoms with Crippen molar-refractivity contribution in [2.75, 3.05) is 6.54 Å². The van der Waals surface area contributed by atoms with Crippen LogP contribution >= 0.6 is 0 Å². The van der Waals surface area contributed by atoms with Crippen LogP contribution in [0.1, 0.15) is 30.1 Å². The molecule has 1 fully saturated rings. The summed E-state index contributed by atoms with van der Waals surface area (Å²) in [6, 6.07) is 4.97. The zero-order valence-electron chi connectivity index (χ0n) is 10.7. The molecule has 1 aromatic rings. The number of benzene rings is 1. The Balaban J connectivity index is 2.18. The minimum Gasteiger partial charge on any atom is -0.481 e. The highest BCUT2D eigenvalue weighted by atomic mass is 19.1. The van der Waals surface area contributed by atoms with Crippen molar-refractivity contribution in [2.45, 2.75) is 25.8 Å². The summed E-state index contributed by atoms with van der Waals surface area (Å²) in [5.41, 5.74) is 0.388. The summed E-state index contributed by atoms with van der Waals surface area (Å²) >= 11 is 0. The monoisotopic (exact) mass is 265 g/mol. The Bertz CT molecular complexity index is 486. The van der Waals surface area contributed by atoms with Crippen LogP contribution in [-0.2, 0) is 4.79 Å². The first-order chi connectivity index (χ1) is 9.00. The standard InChI is InChI=1S/C14H16FNO3/c1-9-12(14(18)19)3-2-8-16(9)13(17)10-4-6-11(15)7-5-10/h4-7,9,12H,2-3,8H2,1H3,(H,18,19)/t9-,12-/m0/s1. The fourth-order valence-corrected chi connectivity index (χ4v) is 2.52. The van der Waals surface area contributed by atoms with Crippen LogP contribution in [0.15, 0.2) is 24.3 Å². The molecule has 0 spiro atoms. The molecule has 2 rings (SSSR count). The maximum Gasteiger partial charge on any atom is 0.308 e. The molecule has 1 N–H and O–H groups in total. The second-order valence-corrected chi connectivity index (χ2v) is 4.83. The number of likely N-dealkylation sites (tertiary alicyclic amines) is 1. The van der Waals surface area contributed by atoms with E-state index in [9.17, 15) is 14.0 Å². The Morgan fingerprint density at radius 1 is 1.32 bits per heavy atom. The van der Waals surface area contributed by atoms with Crippen LogP contribution in [0, 0.1) is 11.7 Å². The van der Waals surface area contributed by atoms with Gasteiger partial charge in [-0.2, -0.15) is 0 Å². The molecular formula is C14H16FNO3. The molecule has 0 bridgehead atoms. The quantitative estimate of drug-likeness (QED) is 0.891. The SMILES string of the molecule is C[C@H]1[C@@H](C(=O)O)CCCN1C(=O)c1ccc(F)cc1. The number of carbonyl (C=O) groups is 2. The number of nitrogens with zero attached hydrogens (tertiary/aromatic N) is 1. The first-order valence-corrected chi connectivity index (χ1v) is 6.30. The fourth-order valence-electron chi connectivity index (χ4n) is 2.52. The minimum atomic E-state index is -0.871. The first kappa shape index (κ1) is 13.5. The van der Waals surface area contributed by atoms with Gasteiger partial charge in [0.05, 0.1) is 5.92 Å². The van der Waals surface area contributed by atoms with Gasteiger partial charge in [-0.25, -0.2) is 4.39 Å². The lowest BCUT2D eigenvalue weighted by molar-refractivity contribution is -0.144. The molecule has 0 unspecified atom stereocenters. The lowest BCUT2D eigenvalue weighted by Crippen LogP contribution is -2.49. The Labute approximate surface area is 110 Å². The smallest absolute Gasteiger partial charge is 0.308 e. The highest BCUT2D eigenvalue weighted by Gasteiger charge is 2.35. The number of hydrogen-bond acceptors (Lipinski definition) is 2. The van der Waals surface area contributed by atoms with Crippen LogP contribution in [0.3, 0.4) is 0 Å². The molecule has 0 radical (unpaired) electrons. The van der Waals surface area contributed by atoms with E-state index in [2.05, 4.69) is 0 Å². The van der Waals surface area contributed by atoms with E-state index in [1.165, 1.54) is 24.3 Å². The van der Waals surface area contributed by atoms with Crippen molar-refractivity contribution in [2.24, 2.45) is 5.92 Å². The lowest BCUT2D eigenvalue weighted by atomic mass is 9.90. The summed E-state index contributed by atoms with van der Waals surface area (Å²) in [7, 11) is 0. The van der Waals surface area contributed by atoms with E-state index in [4.69, 9.17) is 5.11 Å². The van der Waals surface area contributed by atoms with Gasteiger partial charge in [0.15, 0.2) is 0 Å². The van der Waals surface area contributed by atoms with Gasteiger partial charge >= 0.3 is 5.97 Å². The molecule has 0 aliphatic carbocycles. The number of amides is 1. The molecule has 1 aromatic carbocycles. The highest BCUT2D eigenvalue weighted by Crippen LogP contribution is 2.25. The second-order valence-electron chi connectivity index (χ2n) is 4.83. The third-order valence-corrected chi connectivity index (χ3v) is 3.66. The predicted molar refractivity (Wildman–Crippen MR) is 67.3 cm³/mol. The van der Waals surface area contributed by atoms with Crippen molar-refractivity contribution in [3.63, 3.8) is 0 Å². The highest BCUT2D eigenvalue weighted by molar-refractivity contribution is 5.94. The van der Waals surface area contributed by atoms with E-state index in [1.54, 1.807) is 11.8 Å². The van der Waals surface area contributed by atoms with Crippen molar-refractivity contribution < 1.29 is 19.1 Å². The molecular weight excluding hydrogens is 249 g/mol. The Morgan fingerprint density at radius 3 is 2.53 bits per heavy atom. The average Bonchev–Trinajstić information content (AvgIpc) is 2.38. The average molecular weight is 265 g/mol. The molecule has 5 heteroatoms. The number of rotatable bonds is 2. The van der Waals surface area contributed by atoms with Crippen molar-refractivity contribution in [1.82, 2.24) is 4.90 Å². The van der Waals surface area contributed by atoms with Gasteiger partial charge in [-0.15, -0.1) is 0 Å². The Kier molecular flexibility index (Phi) is 3.83. The van der Waals surface area contributed by atoms with Crippen LogP contribution in [0.2, 0.25) is 0 Å². The van der Waals surface area contributed by atoms with E-state index in [0.29, 0.717) is 24.9 Å². The second kappa shape index (κ2) is 5.38. The molecule has 0 aromatic heterocycles. The van der Waals surface area contributed by atoms with Gasteiger partial charge < -0.3 is 10.0 Å². The number of halogens is 1. The van der Waals surface area contributed by atoms with Crippen LogP contribution in [0.4, 0.5) is 4.39 Å². The summed E-state index contributed by atoms with van der Waals surface area (Å²) in [5.74, 6) is -2.03. The van der Waals surface area contributed by atoms with Crippen molar-refractivity contribution in [1.29, 1.82) is 0 Å². The third kappa shape index (κ3) is 2.75. The van der Waals surface area contributed by atoms with Gasteiger partial charge in [-0.3, -0.25) is 9.59 Å². The molecule has 2 atom stereocenters. The van der Waals surface area contributed by atoms with Gasteiger partial charge in [0.1, 0.15) is 5.82 Å². The largest absolute Gasteiger partial charge is 0.481 e. The number of carboxylic acid groups (broad SMARTS) is 1. The molecule has 1 saturated heterocycles. The van der Waals surface area contributed by atoms with Crippen LogP contribution in [-0.4, -0.2) is 34.5 Å². The number of piperidine rings is 1. The van der Waals surface area contributed by atoms with Gasteiger partial charge in [0, 0.05) is 18.2 Å². The summed E-state index contributed by atoms with van der Waals surface area (Å²) in [6.07, 6.45) is 1.26. The summed E-state index contributed by atoms with van der Waals surface area (Å²) < 4.78 is 12.8. The van der Waals surface area contributed by atoms with Crippen molar-refractivity contribution in [3.05, 3.63) is 35.6 Å². The molecule has 1 aliphatic rings. The normalized spacial score (nSPS) is 23.2. The van der Waals surface area contributed by atoms with Gasteiger partial charge in [-0.1, -0.05) is 0 Å². The maximum absolute atomic E-state index is 12.8. The molecule has 1 amide bonds. The van der Waals surface area contributed by atoms with E-state index < -0.39 is 17.7 Å². The lowest BCUT2D eigenvalue weighted by Gasteiger charge is -2.37. The molecule has 4 nitrogen and oxygen atoms in total. The number of aliphatic carboxylic acids is 1. The third-order valence-electron chi connectivity index (χ3n) is 3.66. The Morgan fingerprint density at radius 2 is 1.95 bits per heavy atom. The summed E-state index contributed by atoms with van der Waals surface area (Å²) in [6.45, 7) is 2.29. The van der Waals surface area contributed by atoms with Crippen LogP contribution in [0.5, 0.6) is 0 Å². The zero-order chi connectivity index (χ0) is 14.0. The molecule has 1 aliphatic heterocycles. The van der Waals surface area contributed by atoms with Gasteiger partial charge in [0.25, 0.3) is 5.91 Å². The van der Waals surface area contributed by atoms with E-state index in [-0.39, 0.29) is 11.9 Å². The molecule has 19 heavy (non-hydrogen) atoms. The summed E-state index contributed by atoms with van der Waals surface area (Å²) in [4.78, 5) is 25.0. The minimum absolute atomic E-state index is 0.238. The van der Waals surface area contributed by atoms with Crippen molar-refractivity contribution in [3.8, 4) is 0 Å². The topological polar surface area (TPSA) is 57.6 Å². The zero-order valence-corrected chi connectivity index (χ0v) is 10.7. The fraction of sp³-hybridized carbons (Fsp3) is 0.429. The molecule has 1 heterocycles. The molecule has 102 valence electrons. The maximum atomic E-state index is 12.8. The summed E-state index contributed by atoms with van der Waals surface area (Å²) in [5, 5.41) is 9.13. The van der Waals surface area contributed by atoms with Gasteiger partial charge in [-0.05, 0) is 44.0 Å². The first-order valence-electron chi connectivity index (χ1n) is 6.30. The number of hydrogen-bond donors (Lipinski definition) is 1. The molecule has 0 saturated carbocycles. The predicted octanol–water partition coefficient (Wildman–Crippen LogP) is 2.15. The Hall–Kier alpha value is -1.91. The van der Waals surface area contributed by atoms with E-state index >= 15 is 0 Å².